The molecular weight excluding hydrogens is 805 g/mol. The predicted octanol–water partition coefficient (Wildman–Crippen LogP) is 15.8. The summed E-state index contributed by atoms with van der Waals surface area (Å²) in [5.41, 5.74) is 11.7. The lowest BCUT2D eigenvalue weighted by atomic mass is 9.97. The van der Waals surface area contributed by atoms with Crippen molar-refractivity contribution in [2.75, 3.05) is 0 Å². The average molecular weight is 837 g/mol. The fraction of sp³-hybridized carbons (Fsp3) is 0. The Morgan fingerprint density at radius 1 is 0.359 bits per heavy atom. The first-order chi connectivity index (χ1) is 31.7. The van der Waals surface area contributed by atoms with E-state index in [1.165, 1.54) is 42.0 Å². The standard InChI is InChI=1S/C57H32N4O2S/c1-2-12-33(13-3-1)55-58-56(60-57(59-55)35-24-27-40-39-16-6-9-22-48(39)62-50(40)31-35)34-25-29-49-45(30-34)43-19-10-18-42(54(43)63-49)41-17-11-23-51-53(41)44-28-26-36(32-52(44)64-51)61-46-20-7-4-14-37(46)38-15-5-8-21-47(38)61/h1-32H. The van der Waals surface area contributed by atoms with Gasteiger partial charge in [-0.15, -0.1) is 11.3 Å². The Morgan fingerprint density at radius 2 is 0.969 bits per heavy atom. The summed E-state index contributed by atoms with van der Waals surface area (Å²) >= 11 is 1.83. The highest BCUT2D eigenvalue weighted by molar-refractivity contribution is 7.26. The zero-order valence-electron chi connectivity index (χ0n) is 34.0. The van der Waals surface area contributed by atoms with Gasteiger partial charge in [0.05, 0.1) is 11.0 Å². The van der Waals surface area contributed by atoms with E-state index in [1.54, 1.807) is 0 Å². The second kappa shape index (κ2) is 13.6. The van der Waals surface area contributed by atoms with E-state index < -0.39 is 0 Å². The predicted molar refractivity (Wildman–Crippen MR) is 263 cm³/mol. The fourth-order valence-corrected chi connectivity index (χ4v) is 10.9. The summed E-state index contributed by atoms with van der Waals surface area (Å²) in [6.07, 6.45) is 0. The number of furan rings is 2. The second-order valence-electron chi connectivity index (χ2n) is 16.3. The van der Waals surface area contributed by atoms with Crippen LogP contribution in [0, 0.1) is 0 Å². The van der Waals surface area contributed by atoms with E-state index in [2.05, 4.69) is 132 Å². The number of para-hydroxylation sites is 4. The van der Waals surface area contributed by atoms with Crippen molar-refractivity contribution < 1.29 is 8.83 Å². The molecule has 64 heavy (non-hydrogen) atoms. The second-order valence-corrected chi connectivity index (χ2v) is 17.4. The summed E-state index contributed by atoms with van der Waals surface area (Å²) < 4.78 is 17.9. The van der Waals surface area contributed by atoms with Gasteiger partial charge < -0.3 is 13.4 Å². The summed E-state index contributed by atoms with van der Waals surface area (Å²) in [4.78, 5) is 15.2. The molecule has 14 aromatic rings. The van der Waals surface area contributed by atoms with Gasteiger partial charge in [0.1, 0.15) is 22.3 Å². The lowest BCUT2D eigenvalue weighted by Gasteiger charge is -2.09. The zero-order chi connectivity index (χ0) is 41.9. The molecule has 0 unspecified atom stereocenters. The van der Waals surface area contributed by atoms with E-state index >= 15 is 0 Å². The van der Waals surface area contributed by atoms with Crippen LogP contribution in [0.5, 0.6) is 0 Å². The van der Waals surface area contributed by atoms with Gasteiger partial charge in [-0.3, -0.25) is 0 Å². The maximum Gasteiger partial charge on any atom is 0.164 e. The van der Waals surface area contributed by atoms with Crippen molar-refractivity contribution in [2.24, 2.45) is 0 Å². The summed E-state index contributed by atoms with van der Waals surface area (Å²) in [6.45, 7) is 0. The minimum atomic E-state index is 0.573. The van der Waals surface area contributed by atoms with Crippen LogP contribution in [0.1, 0.15) is 0 Å². The molecule has 9 aromatic carbocycles. The van der Waals surface area contributed by atoms with E-state index in [9.17, 15) is 0 Å². The fourth-order valence-electron chi connectivity index (χ4n) is 9.74. The zero-order valence-corrected chi connectivity index (χ0v) is 34.8. The number of hydrogen-bond acceptors (Lipinski definition) is 6. The Morgan fingerprint density at radius 3 is 1.78 bits per heavy atom. The van der Waals surface area contributed by atoms with Crippen LogP contribution in [0.3, 0.4) is 0 Å². The van der Waals surface area contributed by atoms with Gasteiger partial charge in [-0.05, 0) is 72.3 Å². The van der Waals surface area contributed by atoms with E-state index in [0.29, 0.717) is 17.5 Å². The number of aromatic nitrogens is 4. The highest BCUT2D eigenvalue weighted by Crippen LogP contribution is 2.45. The van der Waals surface area contributed by atoms with Crippen molar-refractivity contribution in [3.8, 4) is 51.0 Å². The van der Waals surface area contributed by atoms with Gasteiger partial charge in [0.2, 0.25) is 0 Å². The summed E-state index contributed by atoms with van der Waals surface area (Å²) in [5, 5.41) is 9.16. The topological polar surface area (TPSA) is 69.9 Å². The molecule has 298 valence electrons. The summed E-state index contributed by atoms with van der Waals surface area (Å²) in [6, 6.07) is 67.9. The van der Waals surface area contributed by atoms with Gasteiger partial charge in [0.25, 0.3) is 0 Å². The van der Waals surface area contributed by atoms with E-state index in [-0.39, 0.29) is 0 Å². The van der Waals surface area contributed by atoms with Crippen LogP contribution in [0.25, 0.3) is 137 Å². The van der Waals surface area contributed by atoms with E-state index in [1.807, 2.05) is 78.1 Å². The minimum absolute atomic E-state index is 0.573. The van der Waals surface area contributed by atoms with Crippen LogP contribution in [-0.2, 0) is 0 Å². The third-order valence-corrected chi connectivity index (χ3v) is 13.8. The molecule has 0 bridgehead atoms. The Balaban J connectivity index is 0.900. The Labute approximate surface area is 368 Å². The normalized spacial score (nSPS) is 12.1. The maximum absolute atomic E-state index is 6.80. The molecule has 0 spiro atoms. The van der Waals surface area contributed by atoms with Crippen LogP contribution >= 0.6 is 11.3 Å². The third-order valence-electron chi connectivity index (χ3n) is 12.7. The molecule has 0 aliphatic rings. The van der Waals surface area contributed by atoms with Gasteiger partial charge in [-0.2, -0.15) is 0 Å². The third kappa shape index (κ3) is 5.28. The maximum atomic E-state index is 6.80. The summed E-state index contributed by atoms with van der Waals surface area (Å²) in [5.74, 6) is 1.75. The number of rotatable bonds is 5. The molecule has 5 aromatic heterocycles. The van der Waals surface area contributed by atoms with E-state index in [4.69, 9.17) is 23.8 Å². The molecule has 0 N–H and O–H groups in total. The molecule has 6 nitrogen and oxygen atoms in total. The molecule has 0 aliphatic heterocycles. The lowest BCUT2D eigenvalue weighted by Crippen LogP contribution is -2.00. The molecule has 7 heteroatoms. The Hall–Kier alpha value is -8.39. The monoisotopic (exact) mass is 836 g/mol. The summed E-state index contributed by atoms with van der Waals surface area (Å²) in [7, 11) is 0. The Bertz CT molecular complexity index is 4160. The van der Waals surface area contributed by atoms with Gasteiger partial charge in [-0.25, -0.2) is 15.0 Å². The van der Waals surface area contributed by atoms with Crippen molar-refractivity contribution >= 4 is 97.2 Å². The first kappa shape index (κ1) is 35.2. The highest BCUT2D eigenvalue weighted by atomic mass is 32.1. The first-order valence-corrected chi connectivity index (χ1v) is 22.1. The van der Waals surface area contributed by atoms with Crippen LogP contribution in [0.4, 0.5) is 0 Å². The quantitative estimate of drug-likeness (QED) is 0.173. The van der Waals surface area contributed by atoms with Gasteiger partial charge in [-0.1, -0.05) is 127 Å². The number of fused-ring (bicyclic) bond motifs is 12. The first-order valence-electron chi connectivity index (χ1n) is 21.3. The number of benzene rings is 9. The molecule has 5 heterocycles. The van der Waals surface area contributed by atoms with Crippen molar-refractivity contribution in [3.05, 3.63) is 194 Å². The van der Waals surface area contributed by atoms with Gasteiger partial charge in [0, 0.05) is 80.4 Å². The minimum Gasteiger partial charge on any atom is -0.456 e. The molecule has 14 rings (SSSR count). The Kier molecular flexibility index (Phi) is 7.46. The van der Waals surface area contributed by atoms with Gasteiger partial charge in [0.15, 0.2) is 17.5 Å². The average Bonchev–Trinajstić information content (AvgIpc) is 4.12. The van der Waals surface area contributed by atoms with Crippen molar-refractivity contribution in [3.63, 3.8) is 0 Å². The van der Waals surface area contributed by atoms with Crippen LogP contribution in [0.2, 0.25) is 0 Å². The highest BCUT2D eigenvalue weighted by Gasteiger charge is 2.20. The number of nitrogens with zero attached hydrogens (tertiary/aromatic N) is 4. The van der Waals surface area contributed by atoms with Crippen LogP contribution in [-0.4, -0.2) is 19.5 Å². The number of thiophene rings is 1. The smallest absolute Gasteiger partial charge is 0.164 e. The molecule has 0 saturated heterocycles. The van der Waals surface area contributed by atoms with Crippen LogP contribution < -0.4 is 0 Å². The molecule has 0 radical (unpaired) electrons. The SMILES string of the molecule is c1ccc(-c2nc(-c3ccc4c(c3)oc3ccccc34)nc(-c3ccc4oc5c(-c6cccc7sc8cc(-n9c%10ccccc%10c%10ccccc%109)ccc8c67)cccc5c4c3)n2)cc1. The lowest BCUT2D eigenvalue weighted by molar-refractivity contribution is 0.669. The van der Waals surface area contributed by atoms with Crippen LogP contribution in [0.15, 0.2) is 203 Å². The number of hydrogen-bond donors (Lipinski definition) is 0. The van der Waals surface area contributed by atoms with E-state index in [0.717, 1.165) is 77.4 Å². The molecule has 0 aliphatic carbocycles. The molecular formula is C57H32N4O2S. The molecule has 0 saturated carbocycles. The van der Waals surface area contributed by atoms with Gasteiger partial charge >= 0.3 is 0 Å². The van der Waals surface area contributed by atoms with Crippen molar-refractivity contribution in [1.29, 1.82) is 0 Å². The van der Waals surface area contributed by atoms with Crippen molar-refractivity contribution in [2.45, 2.75) is 0 Å². The molecule has 0 fully saturated rings. The molecule has 0 atom stereocenters. The largest absolute Gasteiger partial charge is 0.456 e. The van der Waals surface area contributed by atoms with Crippen molar-refractivity contribution in [1.82, 2.24) is 19.5 Å². The molecule has 0 amide bonds.